The molecule has 5 rings (SSSR count). The van der Waals surface area contributed by atoms with Gasteiger partial charge in [-0.3, -0.25) is 4.40 Å². The van der Waals surface area contributed by atoms with E-state index in [1.165, 1.54) is 23.1 Å². The van der Waals surface area contributed by atoms with E-state index in [2.05, 4.69) is 10.2 Å². The fraction of sp³-hybridized carbons (Fsp3) is 0.450. The van der Waals surface area contributed by atoms with E-state index in [0.29, 0.717) is 25.4 Å². The molecule has 27 heavy (non-hydrogen) atoms. The second-order valence-electron chi connectivity index (χ2n) is 7.14. The monoisotopic (exact) mass is 384 g/mol. The lowest BCUT2D eigenvalue weighted by Gasteiger charge is -2.22. The maximum Gasteiger partial charge on any atom is 0.167 e. The summed E-state index contributed by atoms with van der Waals surface area (Å²) in [5.74, 6) is 4.42. The summed E-state index contributed by atoms with van der Waals surface area (Å²) in [4.78, 5) is 4.72. The molecule has 4 heterocycles. The number of benzene rings is 1. The van der Waals surface area contributed by atoms with Gasteiger partial charge in [0.05, 0.1) is 6.61 Å². The zero-order valence-corrected chi connectivity index (χ0v) is 15.8. The van der Waals surface area contributed by atoms with Crippen LogP contribution in [0.2, 0.25) is 0 Å². The van der Waals surface area contributed by atoms with Crippen LogP contribution in [-0.2, 0) is 19.3 Å². The van der Waals surface area contributed by atoms with Crippen molar-refractivity contribution in [3.63, 3.8) is 0 Å². The number of thioether (sulfide) groups is 1. The van der Waals surface area contributed by atoms with Crippen molar-refractivity contribution in [2.24, 2.45) is 0 Å². The molecule has 0 radical (unpaired) electrons. The zero-order valence-electron chi connectivity index (χ0n) is 15.0. The Balaban J connectivity index is 1.44. The summed E-state index contributed by atoms with van der Waals surface area (Å²) in [6.07, 6.45) is 8.03. The van der Waals surface area contributed by atoms with Crippen LogP contribution < -0.4 is 4.74 Å². The fourth-order valence-electron chi connectivity index (χ4n) is 4.19. The van der Waals surface area contributed by atoms with Gasteiger partial charge in [-0.1, -0.05) is 0 Å². The van der Waals surface area contributed by atoms with Gasteiger partial charge in [-0.15, -0.1) is 10.2 Å². The van der Waals surface area contributed by atoms with Gasteiger partial charge in [0, 0.05) is 30.2 Å². The molecule has 0 bridgehead atoms. The molecule has 1 aromatic carbocycles. The lowest BCUT2D eigenvalue weighted by atomic mass is 9.95. The van der Waals surface area contributed by atoms with Crippen LogP contribution in [0.1, 0.15) is 41.3 Å². The third-order valence-corrected chi connectivity index (χ3v) is 6.69. The van der Waals surface area contributed by atoms with Gasteiger partial charge in [0.2, 0.25) is 0 Å². The van der Waals surface area contributed by atoms with Crippen LogP contribution >= 0.6 is 11.8 Å². The van der Waals surface area contributed by atoms with E-state index >= 15 is 0 Å². The summed E-state index contributed by atoms with van der Waals surface area (Å²) in [7, 11) is 0. The maximum absolute atomic E-state index is 14.4. The molecule has 0 N–H and O–H groups in total. The molecule has 7 heteroatoms. The first-order valence-corrected chi connectivity index (χ1v) is 10.6. The predicted octanol–water partition coefficient (Wildman–Crippen LogP) is 3.59. The number of halogens is 1. The van der Waals surface area contributed by atoms with E-state index in [9.17, 15) is 4.39 Å². The molecule has 0 saturated carbocycles. The summed E-state index contributed by atoms with van der Waals surface area (Å²) < 4.78 is 22.0. The van der Waals surface area contributed by atoms with Crippen molar-refractivity contribution in [3.8, 4) is 5.75 Å². The standard InChI is InChI=1S/C20H21FN4OS/c21-17-2-3-18-15(5-8-26-18)14(17)1-4-19-22-11-16(13-6-9-27-10-7-13)20-24-23-12-25(19)20/h2-3,11-13H,1,4-10H2. The van der Waals surface area contributed by atoms with Crippen molar-refractivity contribution in [3.05, 3.63) is 53.0 Å². The maximum atomic E-state index is 14.4. The number of hydrogen-bond acceptors (Lipinski definition) is 5. The van der Waals surface area contributed by atoms with Gasteiger partial charge < -0.3 is 4.74 Å². The Hall–Kier alpha value is -2.15. The number of hydrogen-bond donors (Lipinski definition) is 0. The fourth-order valence-corrected chi connectivity index (χ4v) is 5.30. The lowest BCUT2D eigenvalue weighted by Crippen LogP contribution is -2.12. The Bertz CT molecular complexity index is 984. The molecule has 2 aromatic heterocycles. The molecule has 2 aliphatic heterocycles. The lowest BCUT2D eigenvalue weighted by molar-refractivity contribution is 0.356. The van der Waals surface area contributed by atoms with Crippen LogP contribution in [0, 0.1) is 5.82 Å². The largest absolute Gasteiger partial charge is 0.493 e. The Kier molecular flexibility index (Phi) is 4.47. The van der Waals surface area contributed by atoms with E-state index in [1.54, 1.807) is 12.4 Å². The van der Waals surface area contributed by atoms with Gasteiger partial charge in [0.1, 0.15) is 23.7 Å². The normalized spacial score (nSPS) is 17.2. The molecule has 0 unspecified atom stereocenters. The van der Waals surface area contributed by atoms with Crippen LogP contribution in [0.15, 0.2) is 24.7 Å². The molecular formula is C20H21FN4OS. The van der Waals surface area contributed by atoms with Crippen molar-refractivity contribution in [2.75, 3.05) is 18.1 Å². The van der Waals surface area contributed by atoms with E-state index in [-0.39, 0.29) is 5.82 Å². The molecule has 1 fully saturated rings. The van der Waals surface area contributed by atoms with Crippen LogP contribution in [0.4, 0.5) is 4.39 Å². The second kappa shape index (κ2) is 7.11. The number of rotatable bonds is 4. The van der Waals surface area contributed by atoms with Gasteiger partial charge >= 0.3 is 0 Å². The summed E-state index contributed by atoms with van der Waals surface area (Å²) in [6, 6.07) is 3.24. The highest BCUT2D eigenvalue weighted by molar-refractivity contribution is 7.99. The average Bonchev–Trinajstić information content (AvgIpc) is 3.37. The highest BCUT2D eigenvalue weighted by Crippen LogP contribution is 2.34. The second-order valence-corrected chi connectivity index (χ2v) is 8.37. The van der Waals surface area contributed by atoms with Crippen LogP contribution in [-0.4, -0.2) is 37.7 Å². The molecule has 0 aliphatic carbocycles. The Morgan fingerprint density at radius 3 is 3.00 bits per heavy atom. The average molecular weight is 384 g/mol. The highest BCUT2D eigenvalue weighted by atomic mass is 32.2. The van der Waals surface area contributed by atoms with Gasteiger partial charge in [-0.05, 0) is 54.4 Å². The third-order valence-electron chi connectivity index (χ3n) is 5.64. The Morgan fingerprint density at radius 1 is 1.22 bits per heavy atom. The molecule has 2 aliphatic rings. The van der Waals surface area contributed by atoms with Gasteiger partial charge in [-0.25, -0.2) is 9.37 Å². The third kappa shape index (κ3) is 3.08. The van der Waals surface area contributed by atoms with E-state index in [0.717, 1.165) is 47.6 Å². The summed E-state index contributed by atoms with van der Waals surface area (Å²) in [6.45, 7) is 0.633. The molecule has 0 atom stereocenters. The predicted molar refractivity (Wildman–Crippen MR) is 103 cm³/mol. The zero-order chi connectivity index (χ0) is 18.2. The van der Waals surface area contributed by atoms with Crippen LogP contribution in [0.5, 0.6) is 5.75 Å². The van der Waals surface area contributed by atoms with E-state index in [4.69, 9.17) is 9.72 Å². The smallest absolute Gasteiger partial charge is 0.167 e. The number of fused-ring (bicyclic) bond motifs is 2. The SMILES string of the molecule is Fc1ccc2c(c1CCc1ncc(C3CCSCC3)c3nncn13)CCO2. The van der Waals surface area contributed by atoms with Crippen molar-refractivity contribution >= 4 is 17.4 Å². The first-order chi connectivity index (χ1) is 13.3. The topological polar surface area (TPSA) is 52.3 Å². The number of ether oxygens (including phenoxy) is 1. The number of nitrogens with zero attached hydrogens (tertiary/aromatic N) is 4. The molecule has 0 spiro atoms. The molecule has 0 amide bonds. The molecular weight excluding hydrogens is 363 g/mol. The summed E-state index contributed by atoms with van der Waals surface area (Å²) >= 11 is 2.01. The Morgan fingerprint density at radius 2 is 2.11 bits per heavy atom. The van der Waals surface area contributed by atoms with Crippen molar-refractivity contribution in [1.29, 1.82) is 0 Å². The molecule has 140 valence electrons. The van der Waals surface area contributed by atoms with Gasteiger partial charge in [-0.2, -0.15) is 11.8 Å². The van der Waals surface area contributed by atoms with Crippen LogP contribution in [0.3, 0.4) is 0 Å². The van der Waals surface area contributed by atoms with E-state index < -0.39 is 0 Å². The minimum absolute atomic E-state index is 0.157. The first-order valence-electron chi connectivity index (χ1n) is 9.49. The van der Waals surface area contributed by atoms with Gasteiger partial charge in [0.15, 0.2) is 5.65 Å². The molecule has 1 saturated heterocycles. The molecule has 5 nitrogen and oxygen atoms in total. The van der Waals surface area contributed by atoms with Crippen molar-refractivity contribution in [1.82, 2.24) is 19.6 Å². The first kappa shape index (κ1) is 17.0. The van der Waals surface area contributed by atoms with Crippen LogP contribution in [0.25, 0.3) is 5.65 Å². The molecule has 3 aromatic rings. The quantitative estimate of drug-likeness (QED) is 0.688. The van der Waals surface area contributed by atoms with Crippen molar-refractivity contribution in [2.45, 2.75) is 38.0 Å². The summed E-state index contributed by atoms with van der Waals surface area (Å²) in [5, 5.41) is 8.48. The minimum Gasteiger partial charge on any atom is -0.493 e. The minimum atomic E-state index is -0.157. The number of aryl methyl sites for hydroxylation is 1. The van der Waals surface area contributed by atoms with E-state index in [1.807, 2.05) is 22.4 Å². The van der Waals surface area contributed by atoms with Gasteiger partial charge in [0.25, 0.3) is 0 Å². The number of aromatic nitrogens is 4. The summed E-state index contributed by atoms with van der Waals surface area (Å²) in [5.41, 5.74) is 3.85. The highest BCUT2D eigenvalue weighted by Gasteiger charge is 2.22. The Labute approximate surface area is 161 Å². The van der Waals surface area contributed by atoms with Crippen molar-refractivity contribution < 1.29 is 9.13 Å².